The van der Waals surface area contributed by atoms with E-state index in [1.807, 2.05) is 48.5 Å². The van der Waals surface area contributed by atoms with Crippen molar-refractivity contribution in [3.05, 3.63) is 103 Å². The molecule has 0 aliphatic rings. The zero-order chi connectivity index (χ0) is 21.5. The Labute approximate surface area is 177 Å². The summed E-state index contributed by atoms with van der Waals surface area (Å²) in [7, 11) is 0.256. The summed E-state index contributed by atoms with van der Waals surface area (Å²) >= 11 is 0. The minimum atomic E-state index is -1.14. The normalized spacial score (nSPS) is 11.6. The third-order valence-electron chi connectivity index (χ3n) is 4.48. The topological polar surface area (TPSA) is 52.6 Å². The van der Waals surface area contributed by atoms with Gasteiger partial charge in [-0.05, 0) is 42.4 Å². The Morgan fingerprint density at radius 3 is 1.83 bits per heavy atom. The Hall–Kier alpha value is -3.23. The quantitative estimate of drug-likeness (QED) is 0.333. The largest absolute Gasteiger partial charge is 0.466 e. The van der Waals surface area contributed by atoms with E-state index in [1.165, 1.54) is 7.11 Å². The lowest BCUT2D eigenvalue weighted by molar-refractivity contribution is -0.148. The molecule has 152 valence electrons. The molecule has 0 amide bonds. The van der Waals surface area contributed by atoms with Crippen molar-refractivity contribution in [2.24, 2.45) is 0 Å². The number of esters is 2. The Kier molecular flexibility index (Phi) is 7.16. The average molecular weight is 418 g/mol. The van der Waals surface area contributed by atoms with Gasteiger partial charge in [0.2, 0.25) is 6.10 Å². The maximum absolute atomic E-state index is 13.1. The van der Waals surface area contributed by atoms with E-state index in [2.05, 4.69) is 30.8 Å². The maximum Gasteiger partial charge on any atom is 0.351 e. The van der Waals surface area contributed by atoms with Crippen LogP contribution in [0.4, 0.5) is 0 Å². The van der Waals surface area contributed by atoms with Crippen LogP contribution >= 0.6 is 7.92 Å². The molecule has 0 heterocycles. The molecule has 30 heavy (non-hydrogen) atoms. The number of ether oxygens (including phenoxy) is 2. The second-order valence-corrected chi connectivity index (χ2v) is 8.86. The first-order valence-electron chi connectivity index (χ1n) is 9.46. The second kappa shape index (κ2) is 10.00. The van der Waals surface area contributed by atoms with Crippen molar-refractivity contribution < 1.29 is 19.1 Å². The number of carbonyl (C=O) groups is 2. The van der Waals surface area contributed by atoms with Crippen molar-refractivity contribution >= 4 is 35.8 Å². The van der Waals surface area contributed by atoms with Crippen LogP contribution in [0.2, 0.25) is 0 Å². The van der Waals surface area contributed by atoms with Gasteiger partial charge in [-0.3, -0.25) is 0 Å². The van der Waals surface area contributed by atoms with E-state index < -0.39 is 26.0 Å². The van der Waals surface area contributed by atoms with Crippen LogP contribution < -0.4 is 15.9 Å². The number of rotatable bonds is 7. The third-order valence-corrected chi connectivity index (χ3v) is 6.98. The number of carbonyl (C=O) groups excluding carboxylic acids is 2. The van der Waals surface area contributed by atoms with Crippen LogP contribution in [0.5, 0.6) is 0 Å². The summed E-state index contributed by atoms with van der Waals surface area (Å²) in [6.45, 7) is 5.38. The monoisotopic (exact) mass is 418 g/mol. The summed E-state index contributed by atoms with van der Waals surface area (Å²) in [4.78, 5) is 25.1. The first-order valence-corrected chi connectivity index (χ1v) is 10.8. The van der Waals surface area contributed by atoms with E-state index >= 15 is 0 Å². The van der Waals surface area contributed by atoms with Gasteiger partial charge in [0.1, 0.15) is 0 Å². The van der Waals surface area contributed by atoms with Crippen LogP contribution in [-0.4, -0.2) is 25.2 Å². The molecule has 3 aromatic carbocycles. The van der Waals surface area contributed by atoms with Crippen molar-refractivity contribution in [1.29, 1.82) is 0 Å². The van der Waals surface area contributed by atoms with E-state index in [-0.39, 0.29) is 0 Å². The van der Waals surface area contributed by atoms with Gasteiger partial charge in [0.15, 0.2) is 0 Å². The van der Waals surface area contributed by atoms with E-state index in [0.29, 0.717) is 11.1 Å². The van der Waals surface area contributed by atoms with Crippen molar-refractivity contribution in [2.75, 3.05) is 7.11 Å². The number of hydrogen-bond acceptors (Lipinski definition) is 4. The van der Waals surface area contributed by atoms with Crippen LogP contribution in [-0.2, 0) is 14.3 Å². The summed E-state index contributed by atoms with van der Waals surface area (Å²) < 4.78 is 10.3. The van der Waals surface area contributed by atoms with Gasteiger partial charge in [0.05, 0.1) is 12.7 Å². The second-order valence-electron chi connectivity index (χ2n) is 6.68. The van der Waals surface area contributed by atoms with E-state index in [0.717, 1.165) is 15.9 Å². The smallest absolute Gasteiger partial charge is 0.351 e. The zero-order valence-electron chi connectivity index (χ0n) is 16.9. The first-order chi connectivity index (χ1) is 14.5. The van der Waals surface area contributed by atoms with Gasteiger partial charge in [-0.2, -0.15) is 0 Å². The molecule has 5 heteroatoms. The molecule has 0 spiro atoms. The number of benzene rings is 3. The molecule has 0 unspecified atom stereocenters. The predicted molar refractivity (Wildman–Crippen MR) is 121 cm³/mol. The Bertz CT molecular complexity index is 992. The Balaban J connectivity index is 2.06. The highest BCUT2D eigenvalue weighted by molar-refractivity contribution is 7.80. The minimum Gasteiger partial charge on any atom is -0.466 e. The van der Waals surface area contributed by atoms with E-state index in [4.69, 9.17) is 9.47 Å². The molecule has 0 fully saturated rings. The van der Waals surface area contributed by atoms with E-state index in [1.54, 1.807) is 19.1 Å². The molecule has 0 aromatic heterocycles. The fourth-order valence-electron chi connectivity index (χ4n) is 3.05. The fraction of sp³-hybridized carbons (Fsp3) is 0.120. The standard InChI is InChI=1S/C25H23O4P/c1-18(2)23(25(27)28-3)29-24(26)21-16-10-11-17-22(21)30(19-12-6-4-7-13-19)20-14-8-5-9-15-20/h4-17,23H,1H2,2-3H3/t23-/m1/s1. The van der Waals surface area contributed by atoms with Gasteiger partial charge in [0.25, 0.3) is 0 Å². The van der Waals surface area contributed by atoms with Crippen LogP contribution in [0.25, 0.3) is 0 Å². The van der Waals surface area contributed by atoms with Crippen molar-refractivity contribution in [2.45, 2.75) is 13.0 Å². The molecule has 0 saturated heterocycles. The molecular formula is C25H23O4P. The molecule has 0 aliphatic heterocycles. The third kappa shape index (κ3) is 4.84. The van der Waals surface area contributed by atoms with Gasteiger partial charge in [-0.25, -0.2) is 9.59 Å². The number of methoxy groups -OCH3 is 1. The molecule has 0 bridgehead atoms. The zero-order valence-corrected chi connectivity index (χ0v) is 17.8. The van der Waals surface area contributed by atoms with E-state index in [9.17, 15) is 9.59 Å². The SMILES string of the molecule is C=C(C)[C@@H](OC(=O)c1ccccc1P(c1ccccc1)c1ccccc1)C(=O)OC. The summed E-state index contributed by atoms with van der Waals surface area (Å²) in [5.74, 6) is -1.23. The average Bonchev–Trinajstić information content (AvgIpc) is 2.78. The summed E-state index contributed by atoms with van der Waals surface area (Å²) in [5.41, 5.74) is 0.826. The highest BCUT2D eigenvalue weighted by Crippen LogP contribution is 2.34. The molecular weight excluding hydrogens is 395 g/mol. The van der Waals surface area contributed by atoms with Gasteiger partial charge < -0.3 is 9.47 Å². The number of hydrogen-bond donors (Lipinski definition) is 0. The van der Waals surface area contributed by atoms with Gasteiger partial charge in [0, 0.05) is 0 Å². The predicted octanol–water partition coefficient (Wildman–Crippen LogP) is 3.72. The molecule has 1 atom stereocenters. The Morgan fingerprint density at radius 1 is 0.833 bits per heavy atom. The van der Waals surface area contributed by atoms with Crippen LogP contribution in [0, 0.1) is 0 Å². The highest BCUT2D eigenvalue weighted by atomic mass is 31.1. The molecule has 3 rings (SSSR count). The molecule has 0 aliphatic carbocycles. The molecule has 0 N–H and O–H groups in total. The lowest BCUT2D eigenvalue weighted by Crippen LogP contribution is -2.32. The Morgan fingerprint density at radius 2 is 1.33 bits per heavy atom. The van der Waals surface area contributed by atoms with Crippen LogP contribution in [0.15, 0.2) is 97.1 Å². The van der Waals surface area contributed by atoms with Crippen LogP contribution in [0.3, 0.4) is 0 Å². The molecule has 4 nitrogen and oxygen atoms in total. The van der Waals surface area contributed by atoms with Crippen LogP contribution in [0.1, 0.15) is 17.3 Å². The highest BCUT2D eigenvalue weighted by Gasteiger charge is 2.28. The lowest BCUT2D eigenvalue weighted by Gasteiger charge is -2.22. The molecule has 0 radical (unpaired) electrons. The minimum absolute atomic E-state index is 0.404. The molecule has 3 aromatic rings. The summed E-state index contributed by atoms with van der Waals surface area (Å²) in [6.07, 6.45) is -1.14. The van der Waals surface area contributed by atoms with Gasteiger partial charge in [-0.1, -0.05) is 85.4 Å². The molecule has 0 saturated carbocycles. The van der Waals surface area contributed by atoms with Gasteiger partial charge >= 0.3 is 11.9 Å². The lowest BCUT2D eigenvalue weighted by atomic mass is 10.2. The van der Waals surface area contributed by atoms with Crippen molar-refractivity contribution in [3.63, 3.8) is 0 Å². The fourth-order valence-corrected chi connectivity index (χ4v) is 5.49. The van der Waals surface area contributed by atoms with Crippen molar-refractivity contribution in [1.82, 2.24) is 0 Å². The maximum atomic E-state index is 13.1. The van der Waals surface area contributed by atoms with Crippen molar-refractivity contribution in [3.8, 4) is 0 Å². The van der Waals surface area contributed by atoms with Gasteiger partial charge in [-0.15, -0.1) is 0 Å². The summed E-state index contributed by atoms with van der Waals surface area (Å²) in [6, 6.07) is 27.5. The first kappa shape index (κ1) is 21.5. The summed E-state index contributed by atoms with van der Waals surface area (Å²) in [5, 5.41) is 3.09.